The van der Waals surface area contributed by atoms with Crippen LogP contribution in [0.3, 0.4) is 0 Å². The summed E-state index contributed by atoms with van der Waals surface area (Å²) in [6, 6.07) is 26.3. The summed E-state index contributed by atoms with van der Waals surface area (Å²) in [6.45, 7) is 7.88. The van der Waals surface area contributed by atoms with Crippen LogP contribution in [0.4, 0.5) is 0 Å². The lowest BCUT2D eigenvalue weighted by atomic mass is 9.72. The number of hydrogen-bond acceptors (Lipinski definition) is 0. The number of allylic oxidation sites excluding steroid dienone is 1. The molecule has 140 valence electrons. The van der Waals surface area contributed by atoms with E-state index in [0.717, 1.165) is 31.2 Å². The lowest BCUT2D eigenvalue weighted by Gasteiger charge is -2.31. The Morgan fingerprint density at radius 2 is 1.54 bits per heavy atom. The van der Waals surface area contributed by atoms with E-state index in [1.165, 1.54) is 27.8 Å². The van der Waals surface area contributed by atoms with Crippen LogP contribution in [0.2, 0.25) is 0 Å². The smallest absolute Gasteiger partial charge is 0.0406 e. The molecule has 0 fully saturated rings. The van der Waals surface area contributed by atoms with Crippen LogP contribution >= 0.6 is 11.6 Å². The molecule has 3 aromatic rings. The molecule has 0 aromatic heterocycles. The third kappa shape index (κ3) is 3.34. The van der Waals surface area contributed by atoms with Crippen molar-refractivity contribution in [2.75, 3.05) is 0 Å². The van der Waals surface area contributed by atoms with Crippen molar-refractivity contribution in [3.8, 4) is 0 Å². The number of hydrogen-bond donors (Lipinski definition) is 0. The highest BCUT2D eigenvalue weighted by Crippen LogP contribution is 2.46. The molecular weight excluding hydrogens is 360 g/mol. The Labute approximate surface area is 173 Å². The quantitative estimate of drug-likeness (QED) is 0.397. The molecule has 3 aromatic carbocycles. The first kappa shape index (κ1) is 18.8. The van der Waals surface area contributed by atoms with Crippen LogP contribution in [-0.4, -0.2) is 0 Å². The van der Waals surface area contributed by atoms with Gasteiger partial charge in [0.1, 0.15) is 0 Å². The van der Waals surface area contributed by atoms with E-state index in [-0.39, 0.29) is 5.41 Å². The van der Waals surface area contributed by atoms with Gasteiger partial charge in [-0.3, -0.25) is 0 Å². The summed E-state index contributed by atoms with van der Waals surface area (Å²) in [5.74, 6) is 0. The van der Waals surface area contributed by atoms with Crippen molar-refractivity contribution in [3.63, 3.8) is 0 Å². The molecule has 0 atom stereocenters. The largest absolute Gasteiger partial charge is 0.103 e. The molecule has 0 saturated carbocycles. The number of fused-ring (bicyclic) bond motifs is 1. The van der Waals surface area contributed by atoms with E-state index in [4.69, 9.17) is 11.6 Å². The Morgan fingerprint density at radius 1 is 0.929 bits per heavy atom. The second-order valence-electron chi connectivity index (χ2n) is 7.67. The van der Waals surface area contributed by atoms with E-state index in [2.05, 4.69) is 86.0 Å². The minimum Gasteiger partial charge on any atom is -0.103 e. The molecule has 0 radical (unpaired) electrons. The average molecular weight is 385 g/mol. The molecule has 0 nitrogen and oxygen atoms in total. The molecule has 0 bridgehead atoms. The molecule has 0 saturated heterocycles. The molecule has 4 rings (SSSR count). The predicted molar refractivity (Wildman–Crippen MR) is 121 cm³/mol. The van der Waals surface area contributed by atoms with Gasteiger partial charge in [0.2, 0.25) is 0 Å². The summed E-state index contributed by atoms with van der Waals surface area (Å²) >= 11 is 6.30. The maximum Gasteiger partial charge on any atom is 0.0406 e. The van der Waals surface area contributed by atoms with E-state index < -0.39 is 0 Å². The van der Waals surface area contributed by atoms with Crippen LogP contribution < -0.4 is 0 Å². The summed E-state index contributed by atoms with van der Waals surface area (Å²) in [5, 5.41) is 0.611. The fraction of sp³-hybridized carbons (Fsp3) is 0.185. The van der Waals surface area contributed by atoms with Crippen LogP contribution in [0.25, 0.3) is 5.03 Å². The summed E-state index contributed by atoms with van der Waals surface area (Å²) in [4.78, 5) is 0. The van der Waals surface area contributed by atoms with Crippen LogP contribution in [0.1, 0.15) is 39.8 Å². The molecule has 0 heterocycles. The predicted octanol–water partition coefficient (Wildman–Crippen LogP) is 7.10. The zero-order chi connectivity index (χ0) is 19.6. The van der Waals surface area contributed by atoms with Crippen LogP contribution in [0.15, 0.2) is 92.0 Å². The van der Waals surface area contributed by atoms with Crippen molar-refractivity contribution in [2.24, 2.45) is 0 Å². The SMILES string of the molecule is C=CCCc1cc(C(=C)Cl)cc2c1CC(c1ccccc1)(c1ccccc1)C2. The van der Waals surface area contributed by atoms with Gasteiger partial charge < -0.3 is 0 Å². The first-order valence-corrected chi connectivity index (χ1v) is 10.2. The van der Waals surface area contributed by atoms with E-state index in [1.54, 1.807) is 0 Å². The van der Waals surface area contributed by atoms with E-state index >= 15 is 0 Å². The summed E-state index contributed by atoms with van der Waals surface area (Å²) in [7, 11) is 0. The standard InChI is InChI=1S/C27H25Cl/c1-3-4-11-21-16-22(20(2)28)17-23-18-27(19-26(21)23,24-12-7-5-8-13-24)25-14-9-6-10-15-25/h3,5-10,12-17H,1-2,4,11,18-19H2. The zero-order valence-corrected chi connectivity index (χ0v) is 16.9. The van der Waals surface area contributed by atoms with Crippen LogP contribution in [-0.2, 0) is 24.7 Å². The Morgan fingerprint density at radius 3 is 2.07 bits per heavy atom. The van der Waals surface area contributed by atoms with E-state index in [1.807, 2.05) is 6.08 Å². The summed E-state index contributed by atoms with van der Waals surface area (Å²) in [6.07, 6.45) is 5.94. The molecule has 0 unspecified atom stereocenters. The highest BCUT2D eigenvalue weighted by atomic mass is 35.5. The van der Waals surface area contributed by atoms with Crippen molar-refractivity contribution in [1.82, 2.24) is 0 Å². The van der Waals surface area contributed by atoms with Gasteiger partial charge >= 0.3 is 0 Å². The Kier molecular flexibility index (Phi) is 5.24. The van der Waals surface area contributed by atoms with Gasteiger partial charge in [-0.15, -0.1) is 6.58 Å². The van der Waals surface area contributed by atoms with Gasteiger partial charge in [-0.05, 0) is 71.2 Å². The first-order valence-electron chi connectivity index (χ1n) is 9.85. The van der Waals surface area contributed by atoms with Gasteiger partial charge in [-0.1, -0.05) is 84.9 Å². The molecule has 0 aliphatic heterocycles. The number of rotatable bonds is 6. The topological polar surface area (TPSA) is 0 Å². The second kappa shape index (κ2) is 7.81. The molecule has 0 spiro atoms. The third-order valence-electron chi connectivity index (χ3n) is 5.99. The zero-order valence-electron chi connectivity index (χ0n) is 16.1. The fourth-order valence-electron chi connectivity index (χ4n) is 4.60. The lowest BCUT2D eigenvalue weighted by molar-refractivity contribution is 0.547. The Hall–Kier alpha value is -2.57. The number of benzene rings is 3. The van der Waals surface area contributed by atoms with Crippen molar-refractivity contribution in [2.45, 2.75) is 31.1 Å². The van der Waals surface area contributed by atoms with E-state index in [0.29, 0.717) is 5.03 Å². The molecule has 1 aliphatic rings. The van der Waals surface area contributed by atoms with Crippen molar-refractivity contribution < 1.29 is 0 Å². The van der Waals surface area contributed by atoms with Crippen LogP contribution in [0, 0.1) is 0 Å². The van der Waals surface area contributed by atoms with Gasteiger partial charge in [-0.2, -0.15) is 0 Å². The van der Waals surface area contributed by atoms with Crippen molar-refractivity contribution in [1.29, 1.82) is 0 Å². The van der Waals surface area contributed by atoms with Crippen LogP contribution in [0.5, 0.6) is 0 Å². The highest BCUT2D eigenvalue weighted by Gasteiger charge is 2.41. The molecule has 1 aliphatic carbocycles. The maximum atomic E-state index is 6.30. The van der Waals surface area contributed by atoms with Gasteiger partial charge in [0, 0.05) is 10.4 Å². The maximum absolute atomic E-state index is 6.30. The fourth-order valence-corrected chi connectivity index (χ4v) is 4.71. The minimum absolute atomic E-state index is 0.0416. The minimum atomic E-state index is -0.0416. The van der Waals surface area contributed by atoms with E-state index in [9.17, 15) is 0 Å². The number of halogens is 1. The number of aryl methyl sites for hydroxylation is 1. The lowest BCUT2D eigenvalue weighted by Crippen LogP contribution is -2.28. The Balaban J connectivity index is 1.89. The van der Waals surface area contributed by atoms with Gasteiger partial charge in [0.05, 0.1) is 0 Å². The molecular formula is C27H25Cl. The Bertz CT molecular complexity index is 960. The van der Waals surface area contributed by atoms with Crippen molar-refractivity contribution in [3.05, 3.63) is 125 Å². The first-order chi connectivity index (χ1) is 13.6. The van der Waals surface area contributed by atoms with Gasteiger partial charge in [0.15, 0.2) is 0 Å². The monoisotopic (exact) mass is 384 g/mol. The second-order valence-corrected chi connectivity index (χ2v) is 8.13. The molecule has 1 heteroatoms. The molecule has 0 amide bonds. The van der Waals surface area contributed by atoms with Gasteiger partial charge in [-0.25, -0.2) is 0 Å². The van der Waals surface area contributed by atoms with Crippen molar-refractivity contribution >= 4 is 16.6 Å². The summed E-state index contributed by atoms with van der Waals surface area (Å²) in [5.41, 5.74) is 7.98. The van der Waals surface area contributed by atoms with Gasteiger partial charge in [0.25, 0.3) is 0 Å². The highest BCUT2D eigenvalue weighted by molar-refractivity contribution is 6.48. The summed E-state index contributed by atoms with van der Waals surface area (Å²) < 4.78 is 0. The third-order valence-corrected chi connectivity index (χ3v) is 6.21. The molecule has 0 N–H and O–H groups in total. The average Bonchev–Trinajstić information content (AvgIpc) is 3.14. The molecule has 28 heavy (non-hydrogen) atoms. The normalized spacial score (nSPS) is 14.5.